The van der Waals surface area contributed by atoms with Crippen molar-refractivity contribution < 1.29 is 0 Å². The first kappa shape index (κ1) is 13.6. The van der Waals surface area contributed by atoms with Gasteiger partial charge in [0.05, 0.1) is 11.9 Å². The average Bonchev–Trinajstić information content (AvgIpc) is 2.97. The molecular weight excluding hydrogens is 328 g/mol. The van der Waals surface area contributed by atoms with E-state index in [0.717, 1.165) is 21.3 Å². The first-order valence-electron chi connectivity index (χ1n) is 6.39. The highest BCUT2D eigenvalue weighted by molar-refractivity contribution is 9.10. The number of rotatable bonds is 3. The van der Waals surface area contributed by atoms with Crippen LogP contribution in [0.3, 0.4) is 0 Å². The fraction of sp³-hybridized carbons (Fsp3) is 0. The SMILES string of the molecule is N=C(N)c1cc(Br)ccc1-n1cc(-c2ccccc2)cn1. The van der Waals surface area contributed by atoms with E-state index in [0.29, 0.717) is 5.56 Å². The number of amidine groups is 1. The molecule has 3 N–H and O–H groups in total. The minimum absolute atomic E-state index is 0.0167. The maximum atomic E-state index is 7.71. The summed E-state index contributed by atoms with van der Waals surface area (Å²) in [5.41, 5.74) is 9.21. The monoisotopic (exact) mass is 340 g/mol. The molecular formula is C16H13BrN4. The summed E-state index contributed by atoms with van der Waals surface area (Å²) >= 11 is 3.40. The van der Waals surface area contributed by atoms with E-state index in [2.05, 4.69) is 21.0 Å². The van der Waals surface area contributed by atoms with E-state index in [9.17, 15) is 0 Å². The predicted octanol–water partition coefficient (Wildman–Crippen LogP) is 3.59. The summed E-state index contributed by atoms with van der Waals surface area (Å²) in [6.07, 6.45) is 3.74. The van der Waals surface area contributed by atoms with Crippen LogP contribution in [0.25, 0.3) is 16.8 Å². The molecule has 0 spiro atoms. The van der Waals surface area contributed by atoms with Crippen molar-refractivity contribution in [1.29, 1.82) is 5.41 Å². The van der Waals surface area contributed by atoms with Gasteiger partial charge in [-0.2, -0.15) is 5.10 Å². The van der Waals surface area contributed by atoms with E-state index in [1.807, 2.05) is 54.7 Å². The molecule has 1 aromatic heterocycles. The molecule has 0 aliphatic carbocycles. The molecule has 0 saturated carbocycles. The summed E-state index contributed by atoms with van der Waals surface area (Å²) in [4.78, 5) is 0. The Morgan fingerprint density at radius 2 is 1.86 bits per heavy atom. The number of nitrogens with zero attached hydrogens (tertiary/aromatic N) is 2. The molecule has 0 unspecified atom stereocenters. The van der Waals surface area contributed by atoms with Gasteiger partial charge in [0.2, 0.25) is 0 Å². The van der Waals surface area contributed by atoms with Crippen LogP contribution in [0.5, 0.6) is 0 Å². The molecule has 2 aromatic carbocycles. The van der Waals surface area contributed by atoms with E-state index in [1.165, 1.54) is 0 Å². The molecule has 1 heterocycles. The normalized spacial score (nSPS) is 10.5. The van der Waals surface area contributed by atoms with Crippen LogP contribution >= 0.6 is 15.9 Å². The van der Waals surface area contributed by atoms with Crippen molar-refractivity contribution in [3.8, 4) is 16.8 Å². The fourth-order valence-corrected chi connectivity index (χ4v) is 2.52. The van der Waals surface area contributed by atoms with Crippen molar-refractivity contribution in [3.05, 3.63) is 71.0 Å². The Kier molecular flexibility index (Phi) is 3.58. The average molecular weight is 341 g/mol. The molecule has 21 heavy (non-hydrogen) atoms. The Morgan fingerprint density at radius 1 is 1.10 bits per heavy atom. The third kappa shape index (κ3) is 2.73. The van der Waals surface area contributed by atoms with Crippen molar-refractivity contribution in [2.24, 2.45) is 5.73 Å². The van der Waals surface area contributed by atoms with Crippen molar-refractivity contribution in [2.45, 2.75) is 0 Å². The fourth-order valence-electron chi connectivity index (χ4n) is 2.16. The quantitative estimate of drug-likeness (QED) is 0.565. The highest BCUT2D eigenvalue weighted by Crippen LogP contribution is 2.23. The van der Waals surface area contributed by atoms with Gasteiger partial charge in [0.1, 0.15) is 5.84 Å². The van der Waals surface area contributed by atoms with Gasteiger partial charge < -0.3 is 5.73 Å². The molecule has 4 nitrogen and oxygen atoms in total. The van der Waals surface area contributed by atoms with Gasteiger partial charge in [-0.15, -0.1) is 0 Å². The number of aromatic nitrogens is 2. The van der Waals surface area contributed by atoms with Gasteiger partial charge in [0, 0.05) is 21.8 Å². The summed E-state index contributed by atoms with van der Waals surface area (Å²) < 4.78 is 2.62. The number of hydrogen-bond acceptors (Lipinski definition) is 2. The van der Waals surface area contributed by atoms with Gasteiger partial charge in [-0.1, -0.05) is 46.3 Å². The van der Waals surface area contributed by atoms with Crippen LogP contribution in [0.15, 0.2) is 65.4 Å². The maximum Gasteiger partial charge on any atom is 0.125 e. The van der Waals surface area contributed by atoms with E-state index >= 15 is 0 Å². The standard InChI is InChI=1S/C16H13BrN4/c17-13-6-7-15(14(8-13)16(18)19)21-10-12(9-20-21)11-4-2-1-3-5-11/h1-10H,(H3,18,19). The molecule has 104 valence electrons. The minimum Gasteiger partial charge on any atom is -0.384 e. The first-order chi connectivity index (χ1) is 10.1. The number of hydrogen-bond donors (Lipinski definition) is 2. The number of benzene rings is 2. The van der Waals surface area contributed by atoms with E-state index in [1.54, 1.807) is 10.9 Å². The van der Waals surface area contributed by atoms with Gasteiger partial charge in [-0.05, 0) is 23.8 Å². The van der Waals surface area contributed by atoms with Crippen molar-refractivity contribution >= 4 is 21.8 Å². The van der Waals surface area contributed by atoms with Crippen LogP contribution in [0.2, 0.25) is 0 Å². The zero-order valence-electron chi connectivity index (χ0n) is 11.1. The lowest BCUT2D eigenvalue weighted by molar-refractivity contribution is 0.877. The minimum atomic E-state index is 0.0167. The summed E-state index contributed by atoms with van der Waals surface area (Å²) in [6.45, 7) is 0. The molecule has 0 saturated heterocycles. The van der Waals surface area contributed by atoms with Crippen LogP contribution in [0, 0.1) is 5.41 Å². The van der Waals surface area contributed by atoms with Gasteiger partial charge in [-0.25, -0.2) is 4.68 Å². The van der Waals surface area contributed by atoms with Crippen LogP contribution < -0.4 is 5.73 Å². The first-order valence-corrected chi connectivity index (χ1v) is 7.19. The molecule has 0 amide bonds. The lowest BCUT2D eigenvalue weighted by atomic mass is 10.1. The van der Waals surface area contributed by atoms with Crippen LogP contribution in [0.4, 0.5) is 0 Å². The third-order valence-electron chi connectivity index (χ3n) is 3.19. The van der Waals surface area contributed by atoms with Gasteiger partial charge in [-0.3, -0.25) is 5.41 Å². The lowest BCUT2D eigenvalue weighted by Crippen LogP contribution is -2.15. The lowest BCUT2D eigenvalue weighted by Gasteiger charge is -2.08. The van der Waals surface area contributed by atoms with Gasteiger partial charge in [0.25, 0.3) is 0 Å². The number of nitrogens with one attached hydrogen (secondary N) is 1. The van der Waals surface area contributed by atoms with Crippen molar-refractivity contribution in [2.75, 3.05) is 0 Å². The van der Waals surface area contributed by atoms with E-state index < -0.39 is 0 Å². The highest BCUT2D eigenvalue weighted by Gasteiger charge is 2.10. The van der Waals surface area contributed by atoms with Crippen molar-refractivity contribution in [3.63, 3.8) is 0 Å². The Morgan fingerprint density at radius 3 is 2.57 bits per heavy atom. The third-order valence-corrected chi connectivity index (χ3v) is 3.68. The largest absolute Gasteiger partial charge is 0.384 e. The second-order valence-corrected chi connectivity index (χ2v) is 5.53. The maximum absolute atomic E-state index is 7.71. The van der Waals surface area contributed by atoms with Crippen LogP contribution in [-0.2, 0) is 0 Å². The van der Waals surface area contributed by atoms with E-state index in [4.69, 9.17) is 11.1 Å². The molecule has 0 aliphatic heterocycles. The number of nitrogens with two attached hydrogens (primary N) is 1. The molecule has 0 aliphatic rings. The second kappa shape index (κ2) is 5.54. The number of halogens is 1. The summed E-state index contributed by atoms with van der Waals surface area (Å²) in [5.74, 6) is 0.0167. The van der Waals surface area contributed by atoms with Crippen LogP contribution in [-0.4, -0.2) is 15.6 Å². The zero-order chi connectivity index (χ0) is 14.8. The Bertz CT molecular complexity index is 793. The van der Waals surface area contributed by atoms with Gasteiger partial charge >= 0.3 is 0 Å². The molecule has 5 heteroatoms. The summed E-state index contributed by atoms with van der Waals surface area (Å²) in [5, 5.41) is 12.1. The predicted molar refractivity (Wildman–Crippen MR) is 87.7 cm³/mol. The summed E-state index contributed by atoms with van der Waals surface area (Å²) in [7, 11) is 0. The molecule has 0 fully saturated rings. The van der Waals surface area contributed by atoms with Gasteiger partial charge in [0.15, 0.2) is 0 Å². The topological polar surface area (TPSA) is 67.7 Å². The highest BCUT2D eigenvalue weighted by atomic mass is 79.9. The Balaban J connectivity index is 2.07. The molecule has 3 aromatic rings. The Labute approximate surface area is 130 Å². The number of nitrogen functional groups attached to an aromatic ring is 1. The Hall–Kier alpha value is -2.40. The second-order valence-electron chi connectivity index (χ2n) is 4.61. The van der Waals surface area contributed by atoms with E-state index in [-0.39, 0.29) is 5.84 Å². The molecule has 0 bridgehead atoms. The molecule has 0 radical (unpaired) electrons. The van der Waals surface area contributed by atoms with Crippen molar-refractivity contribution in [1.82, 2.24) is 9.78 Å². The summed E-state index contributed by atoms with van der Waals surface area (Å²) in [6, 6.07) is 15.7. The molecule has 0 atom stereocenters. The molecule has 3 rings (SSSR count). The smallest absolute Gasteiger partial charge is 0.125 e. The zero-order valence-corrected chi connectivity index (χ0v) is 12.7. The van der Waals surface area contributed by atoms with Crippen LogP contribution in [0.1, 0.15) is 5.56 Å².